The van der Waals surface area contributed by atoms with Crippen LogP contribution in [0, 0.1) is 3.57 Å². The van der Waals surface area contributed by atoms with Crippen molar-refractivity contribution in [3.8, 4) is 0 Å². The Kier molecular flexibility index (Phi) is 8.06. The molecular weight excluding hydrogens is 501 g/mol. The molecule has 0 aliphatic carbocycles. The fourth-order valence-corrected chi connectivity index (χ4v) is 4.04. The van der Waals surface area contributed by atoms with Crippen molar-refractivity contribution in [3.63, 3.8) is 0 Å². The lowest BCUT2D eigenvalue weighted by atomic mass is 10.1. The largest absolute Gasteiger partial charge is 0.328 e. The lowest BCUT2D eigenvalue weighted by molar-refractivity contribution is 0.794. The van der Waals surface area contributed by atoms with Gasteiger partial charge < -0.3 is 4.90 Å². The number of H-pyrrole nitrogens is 2. The highest BCUT2D eigenvalue weighted by atomic mass is 127. The highest BCUT2D eigenvalue weighted by Crippen LogP contribution is 2.27. The van der Waals surface area contributed by atoms with Gasteiger partial charge in [0.05, 0.1) is 0 Å². The Hall–Kier alpha value is -2.87. The first-order chi connectivity index (χ1) is 15.0. The molecule has 1 aromatic heterocycles. The van der Waals surface area contributed by atoms with Crippen LogP contribution in [0.15, 0.2) is 83.4 Å². The maximum Gasteiger partial charge on any atom is 0.327 e. The molecule has 0 aliphatic heterocycles. The Balaban J connectivity index is 1.85. The third-order valence-corrected chi connectivity index (χ3v) is 6.04. The van der Waals surface area contributed by atoms with E-state index in [4.69, 9.17) is 0 Å². The van der Waals surface area contributed by atoms with Gasteiger partial charge in [-0.15, -0.1) is 13.2 Å². The Morgan fingerprint density at radius 1 is 0.903 bits per heavy atom. The molecule has 160 valence electrons. The Morgan fingerprint density at radius 2 is 1.61 bits per heavy atom. The van der Waals surface area contributed by atoms with Crippen LogP contribution in [-0.2, 0) is 19.3 Å². The van der Waals surface area contributed by atoms with Gasteiger partial charge in [-0.05, 0) is 83.2 Å². The van der Waals surface area contributed by atoms with Crippen LogP contribution in [0.25, 0.3) is 0 Å². The van der Waals surface area contributed by atoms with Crippen LogP contribution >= 0.6 is 22.6 Å². The average molecular weight is 527 g/mol. The lowest BCUT2D eigenvalue weighted by Crippen LogP contribution is -2.28. The molecule has 0 unspecified atom stereocenters. The zero-order valence-corrected chi connectivity index (χ0v) is 19.5. The van der Waals surface area contributed by atoms with Gasteiger partial charge in [0.25, 0.3) is 5.56 Å². The van der Waals surface area contributed by atoms with Crippen LogP contribution in [0.3, 0.4) is 0 Å². The number of rotatable bonds is 10. The molecule has 3 aromatic rings. The molecular formula is C25H26IN3O2. The van der Waals surface area contributed by atoms with E-state index in [9.17, 15) is 9.59 Å². The Morgan fingerprint density at radius 3 is 2.29 bits per heavy atom. The molecule has 0 fully saturated rings. The first-order valence-corrected chi connectivity index (χ1v) is 11.3. The molecule has 2 aromatic carbocycles. The third kappa shape index (κ3) is 6.30. The number of benzene rings is 2. The van der Waals surface area contributed by atoms with Crippen molar-refractivity contribution in [2.45, 2.75) is 25.7 Å². The highest BCUT2D eigenvalue weighted by molar-refractivity contribution is 14.1. The molecule has 0 saturated carbocycles. The summed E-state index contributed by atoms with van der Waals surface area (Å²) >= 11 is 2.31. The SMILES string of the molecule is C=CCc1ccc(CCCN(c2ccc(I)c(CC=C)c2)c2cc(=O)[nH]c(=O)[nH]2)cc1. The average Bonchev–Trinajstić information content (AvgIpc) is 2.74. The van der Waals surface area contributed by atoms with Gasteiger partial charge in [0.15, 0.2) is 0 Å². The summed E-state index contributed by atoms with van der Waals surface area (Å²) in [5, 5.41) is 0. The van der Waals surface area contributed by atoms with E-state index in [0.29, 0.717) is 12.4 Å². The summed E-state index contributed by atoms with van der Waals surface area (Å²) in [7, 11) is 0. The van der Waals surface area contributed by atoms with E-state index in [2.05, 4.69) is 76.0 Å². The fourth-order valence-electron chi connectivity index (χ4n) is 3.48. The molecule has 3 rings (SSSR count). The van der Waals surface area contributed by atoms with Gasteiger partial charge in [-0.3, -0.25) is 14.8 Å². The number of aryl methyl sites for hydroxylation is 1. The van der Waals surface area contributed by atoms with Crippen molar-refractivity contribution < 1.29 is 0 Å². The predicted molar refractivity (Wildman–Crippen MR) is 136 cm³/mol. The van der Waals surface area contributed by atoms with Crippen molar-refractivity contribution >= 4 is 34.1 Å². The van der Waals surface area contributed by atoms with Crippen LogP contribution in [0.2, 0.25) is 0 Å². The summed E-state index contributed by atoms with van der Waals surface area (Å²) < 4.78 is 1.15. The van der Waals surface area contributed by atoms with Crippen LogP contribution in [0.5, 0.6) is 0 Å². The molecule has 0 radical (unpaired) electrons. The number of halogens is 1. The second-order valence-corrected chi connectivity index (χ2v) is 8.47. The van der Waals surface area contributed by atoms with E-state index in [-0.39, 0.29) is 0 Å². The molecule has 0 aliphatic rings. The molecule has 6 heteroatoms. The smallest absolute Gasteiger partial charge is 0.327 e. The van der Waals surface area contributed by atoms with E-state index in [1.54, 1.807) is 0 Å². The zero-order valence-electron chi connectivity index (χ0n) is 17.4. The second kappa shape index (κ2) is 10.9. The number of nitrogens with zero attached hydrogens (tertiary/aromatic N) is 1. The third-order valence-electron chi connectivity index (χ3n) is 4.99. The molecule has 0 saturated heterocycles. The molecule has 0 spiro atoms. The van der Waals surface area contributed by atoms with Crippen molar-refractivity contribution in [2.75, 3.05) is 11.4 Å². The van der Waals surface area contributed by atoms with Crippen LogP contribution in [-0.4, -0.2) is 16.5 Å². The molecule has 2 N–H and O–H groups in total. The van der Waals surface area contributed by atoms with Crippen LogP contribution in [0.1, 0.15) is 23.1 Å². The maximum atomic E-state index is 11.9. The number of aromatic amines is 2. The van der Waals surface area contributed by atoms with Gasteiger partial charge in [-0.25, -0.2) is 4.79 Å². The van der Waals surface area contributed by atoms with Crippen LogP contribution in [0.4, 0.5) is 11.5 Å². The normalized spacial score (nSPS) is 10.6. The Bertz CT molecular complexity index is 1130. The van der Waals surface area contributed by atoms with Gasteiger partial charge in [0.2, 0.25) is 0 Å². The van der Waals surface area contributed by atoms with E-state index in [1.165, 1.54) is 17.2 Å². The van der Waals surface area contributed by atoms with E-state index >= 15 is 0 Å². The van der Waals surface area contributed by atoms with Gasteiger partial charge >= 0.3 is 5.69 Å². The topological polar surface area (TPSA) is 69.0 Å². The maximum absolute atomic E-state index is 11.9. The summed E-state index contributed by atoms with van der Waals surface area (Å²) in [6.45, 7) is 8.27. The monoisotopic (exact) mass is 527 g/mol. The first-order valence-electron chi connectivity index (χ1n) is 10.2. The van der Waals surface area contributed by atoms with E-state index in [1.807, 2.05) is 29.2 Å². The van der Waals surface area contributed by atoms with Crippen molar-refractivity contribution in [1.29, 1.82) is 0 Å². The molecule has 5 nitrogen and oxygen atoms in total. The summed E-state index contributed by atoms with van der Waals surface area (Å²) in [6, 6.07) is 16.1. The van der Waals surface area contributed by atoms with E-state index in [0.717, 1.165) is 40.5 Å². The lowest BCUT2D eigenvalue weighted by Gasteiger charge is -2.25. The van der Waals surface area contributed by atoms with Gasteiger partial charge in [-0.1, -0.05) is 36.4 Å². The van der Waals surface area contributed by atoms with Crippen molar-refractivity contribution in [1.82, 2.24) is 9.97 Å². The van der Waals surface area contributed by atoms with Gasteiger partial charge in [0, 0.05) is 21.9 Å². The van der Waals surface area contributed by atoms with Gasteiger partial charge in [-0.2, -0.15) is 0 Å². The predicted octanol–water partition coefficient (Wildman–Crippen LogP) is 4.90. The minimum Gasteiger partial charge on any atom is -0.328 e. The van der Waals surface area contributed by atoms with E-state index < -0.39 is 11.2 Å². The second-order valence-electron chi connectivity index (χ2n) is 7.31. The molecule has 31 heavy (non-hydrogen) atoms. The quantitative estimate of drug-likeness (QED) is 0.291. The number of nitrogens with one attached hydrogen (secondary N) is 2. The number of anilines is 2. The molecule has 1 heterocycles. The minimum absolute atomic E-state index is 0.418. The van der Waals surface area contributed by atoms with Crippen molar-refractivity contribution in [2.24, 2.45) is 0 Å². The summed E-state index contributed by atoms with van der Waals surface area (Å²) in [6.07, 6.45) is 7.14. The molecule has 0 atom stereocenters. The fraction of sp³-hybridized carbons (Fsp3) is 0.200. The number of hydrogen-bond donors (Lipinski definition) is 2. The number of hydrogen-bond acceptors (Lipinski definition) is 3. The highest BCUT2D eigenvalue weighted by Gasteiger charge is 2.13. The molecule has 0 amide bonds. The van der Waals surface area contributed by atoms with Crippen LogP contribution < -0.4 is 16.1 Å². The minimum atomic E-state index is -0.512. The Labute approximate surface area is 195 Å². The van der Waals surface area contributed by atoms with Crippen molar-refractivity contribution in [3.05, 3.63) is 115 Å². The summed E-state index contributed by atoms with van der Waals surface area (Å²) in [5.74, 6) is 0.487. The number of allylic oxidation sites excluding steroid dienone is 2. The summed E-state index contributed by atoms with van der Waals surface area (Å²) in [4.78, 5) is 30.8. The van der Waals surface area contributed by atoms with Gasteiger partial charge in [0.1, 0.15) is 5.82 Å². The standard InChI is InChI=1S/C25H26IN3O2/c1-3-6-18-9-11-19(12-10-18)8-5-15-29(23-17-24(30)28-25(31)27-23)21-13-14-22(26)20(16-21)7-4-2/h3-4,9-14,16-17H,1-2,5-8,15H2,(H2,27,28,30,31). The first kappa shape index (κ1) is 22.8. The number of aromatic nitrogens is 2. The zero-order chi connectivity index (χ0) is 22.2. The molecule has 0 bridgehead atoms. The summed E-state index contributed by atoms with van der Waals surface area (Å²) in [5.41, 5.74) is 3.65.